The fourth-order valence-electron chi connectivity index (χ4n) is 6.97. The van der Waals surface area contributed by atoms with Crippen LogP contribution in [-0.2, 0) is 19.1 Å². The summed E-state index contributed by atoms with van der Waals surface area (Å²) in [6.45, 7) is 32.4. The molecule has 0 saturated heterocycles. The van der Waals surface area contributed by atoms with Crippen molar-refractivity contribution in [2.75, 3.05) is 26.4 Å². The van der Waals surface area contributed by atoms with Crippen LogP contribution in [-0.4, -0.2) is 70.7 Å². The normalized spacial score (nSPS) is 12.2. The molecule has 3 aromatic rings. The molecule has 0 N–H and O–H groups in total. The Morgan fingerprint density at radius 3 is 0.893 bits per heavy atom. The topological polar surface area (TPSA) is 71.1 Å². The van der Waals surface area contributed by atoms with Crippen LogP contribution in [0.3, 0.4) is 0 Å². The van der Waals surface area contributed by atoms with E-state index < -0.39 is 32.3 Å². The summed E-state index contributed by atoms with van der Waals surface area (Å²) in [6.07, 6.45) is 3.82. The zero-order chi connectivity index (χ0) is 41.6. The number of hydrogen-bond donors (Lipinski definition) is 0. The van der Waals surface area contributed by atoms with Crippen LogP contribution in [0.15, 0.2) is 97.1 Å². The lowest BCUT2D eigenvalue weighted by Crippen LogP contribution is -2.45. The van der Waals surface area contributed by atoms with Crippen molar-refractivity contribution in [1.29, 1.82) is 0 Å². The fraction of sp³-hybridized carbons (Fsp3) is 0.478. The highest BCUT2D eigenvalue weighted by atomic mass is 28.3. The Balaban J connectivity index is 1.36. The molecule has 0 radical (unpaired) electrons. The van der Waals surface area contributed by atoms with Crippen LogP contribution in [0.1, 0.15) is 39.5 Å². The van der Waals surface area contributed by atoms with Crippen molar-refractivity contribution in [3.05, 3.63) is 97.1 Å². The van der Waals surface area contributed by atoms with Crippen LogP contribution in [0.4, 0.5) is 0 Å². The van der Waals surface area contributed by atoms with Crippen molar-refractivity contribution >= 4 is 65.0 Å². The highest BCUT2D eigenvalue weighted by Crippen LogP contribution is 2.21. The van der Waals surface area contributed by atoms with Gasteiger partial charge in [0.25, 0.3) is 0 Å². The van der Waals surface area contributed by atoms with Gasteiger partial charge in [-0.3, -0.25) is 0 Å². The van der Waals surface area contributed by atoms with Crippen LogP contribution in [0, 0.1) is 0 Å². The maximum Gasteiger partial charge on any atom is 0.333 e. The lowest BCUT2D eigenvalue weighted by Gasteiger charge is -2.26. The summed E-state index contributed by atoms with van der Waals surface area (Å²) in [5.74, 6) is 1.18. The van der Waals surface area contributed by atoms with E-state index in [-0.39, 0.29) is 11.9 Å². The van der Waals surface area contributed by atoms with Gasteiger partial charge in [0.05, 0.1) is 58.7 Å². The molecule has 0 spiro atoms. The fourth-order valence-corrected chi connectivity index (χ4v) is 16.5. The number of benzene rings is 3. The molecule has 56 heavy (non-hydrogen) atoms. The summed E-state index contributed by atoms with van der Waals surface area (Å²) in [5, 5.41) is 5.89. The Hall–Kier alpha value is -3.45. The van der Waals surface area contributed by atoms with Crippen LogP contribution < -0.4 is 30.2 Å². The highest BCUT2D eigenvalue weighted by molar-refractivity contribution is 6.92. The number of carbonyl (C=O) groups excluding carboxylic acids is 2. The summed E-state index contributed by atoms with van der Waals surface area (Å²) in [7, 11) is -6.43. The molecule has 0 atom stereocenters. The van der Waals surface area contributed by atoms with Crippen molar-refractivity contribution < 1.29 is 28.5 Å². The van der Waals surface area contributed by atoms with Gasteiger partial charge >= 0.3 is 11.9 Å². The summed E-state index contributed by atoms with van der Waals surface area (Å²) in [6, 6.07) is 31.4. The van der Waals surface area contributed by atoms with Crippen LogP contribution in [0.5, 0.6) is 11.5 Å². The zero-order valence-electron chi connectivity index (χ0n) is 36.3. The predicted molar refractivity (Wildman–Crippen MR) is 248 cm³/mol. The number of hydrogen-bond acceptors (Lipinski definition) is 6. The summed E-state index contributed by atoms with van der Waals surface area (Å²) in [4.78, 5) is 23.4. The van der Waals surface area contributed by atoms with Gasteiger partial charge < -0.3 is 18.9 Å². The van der Waals surface area contributed by atoms with Crippen molar-refractivity contribution in [3.63, 3.8) is 0 Å². The second kappa shape index (κ2) is 21.3. The van der Waals surface area contributed by atoms with E-state index in [4.69, 9.17) is 18.9 Å². The van der Waals surface area contributed by atoms with Crippen LogP contribution in [0.25, 0.3) is 0 Å². The molecule has 0 aliphatic rings. The first-order chi connectivity index (χ1) is 26.2. The van der Waals surface area contributed by atoms with Gasteiger partial charge in [-0.15, -0.1) is 0 Å². The van der Waals surface area contributed by atoms with Gasteiger partial charge in [0, 0.05) is 11.1 Å². The first-order valence-corrected chi connectivity index (χ1v) is 33.3. The van der Waals surface area contributed by atoms with E-state index in [1.165, 1.54) is 32.8 Å². The van der Waals surface area contributed by atoms with Crippen LogP contribution >= 0.6 is 0 Å². The van der Waals surface area contributed by atoms with E-state index in [9.17, 15) is 9.59 Å². The Morgan fingerprint density at radius 1 is 0.429 bits per heavy atom. The number of esters is 2. The minimum absolute atomic E-state index is 0.297. The van der Waals surface area contributed by atoms with Crippen molar-refractivity contribution in [1.82, 2.24) is 0 Å². The Morgan fingerprint density at radius 2 is 0.661 bits per heavy atom. The third-order valence-electron chi connectivity index (χ3n) is 11.2. The SMILES string of the molecule is C=C(C)C(=O)OCCC[Si](C)(C)c1ccc([Si](C)(C)CCCOc2ccc(OCCC[Si](C)(C)c3ccc([Si](C)(C)CCCOC(=O)C(=C)C)cc3)cc2)cc1. The highest BCUT2D eigenvalue weighted by Gasteiger charge is 2.28. The molecule has 6 nitrogen and oxygen atoms in total. The van der Waals surface area contributed by atoms with Gasteiger partial charge in [0.2, 0.25) is 0 Å². The van der Waals surface area contributed by atoms with E-state index in [0.717, 1.165) is 49.3 Å². The maximum absolute atomic E-state index is 11.7. The molecule has 0 amide bonds. The van der Waals surface area contributed by atoms with Gasteiger partial charge in [0.15, 0.2) is 0 Å². The van der Waals surface area contributed by atoms with Crippen molar-refractivity contribution in [2.45, 2.75) is 116 Å². The van der Waals surface area contributed by atoms with Gasteiger partial charge in [-0.1, -0.05) is 159 Å². The number of rotatable bonds is 24. The van der Waals surface area contributed by atoms with Crippen molar-refractivity contribution in [3.8, 4) is 11.5 Å². The van der Waals surface area contributed by atoms with Crippen molar-refractivity contribution in [2.24, 2.45) is 0 Å². The first-order valence-electron chi connectivity index (χ1n) is 20.5. The minimum Gasteiger partial charge on any atom is -0.494 e. The Kier molecular flexibility index (Phi) is 17.9. The monoisotopic (exact) mass is 830 g/mol. The molecule has 10 heteroatoms. The molecule has 0 heterocycles. The third-order valence-corrected chi connectivity index (χ3v) is 25.2. The van der Waals surface area contributed by atoms with E-state index in [1.54, 1.807) is 13.8 Å². The molecular formula is C46H70O6Si4. The predicted octanol–water partition coefficient (Wildman–Crippen LogP) is 9.31. The molecule has 3 rings (SSSR count). The summed E-state index contributed by atoms with van der Waals surface area (Å²) < 4.78 is 22.9. The summed E-state index contributed by atoms with van der Waals surface area (Å²) in [5.41, 5.74) is 0.908. The molecule has 3 aromatic carbocycles. The number of ether oxygens (including phenoxy) is 4. The maximum atomic E-state index is 11.7. The average Bonchev–Trinajstić information content (AvgIpc) is 3.15. The molecule has 0 fully saturated rings. The number of carbonyl (C=O) groups is 2. The first kappa shape index (κ1) is 46.9. The standard InChI is InChI=1S/C46H70O6Si4/c1-37(2)45(47)51-31-15-35-55(9,10)43-25-21-41(22-26-43)53(5,6)33-13-29-49-39-17-19-40(20-18-39)50-30-14-34-54(7,8)42-23-27-44(28-24-42)56(11,12)36-16-32-52-46(48)38(3)4/h17-28H,1,3,13-16,29-36H2,2,4-12H3. The van der Waals surface area contributed by atoms with Gasteiger partial charge in [0.1, 0.15) is 11.5 Å². The second-order valence-electron chi connectivity index (χ2n) is 18.1. The van der Waals surface area contributed by atoms with Gasteiger partial charge in [-0.2, -0.15) is 0 Å². The average molecular weight is 831 g/mol. The zero-order valence-corrected chi connectivity index (χ0v) is 40.3. The molecule has 0 saturated carbocycles. The largest absolute Gasteiger partial charge is 0.494 e. The van der Waals surface area contributed by atoms with Gasteiger partial charge in [-0.25, -0.2) is 9.59 Å². The lowest BCUT2D eigenvalue weighted by molar-refractivity contribution is -0.139. The van der Waals surface area contributed by atoms with E-state index >= 15 is 0 Å². The molecule has 0 unspecified atom stereocenters. The second-order valence-corrected chi connectivity index (χ2v) is 37.5. The molecule has 0 aliphatic carbocycles. The summed E-state index contributed by atoms with van der Waals surface area (Å²) >= 11 is 0. The molecule has 306 valence electrons. The van der Waals surface area contributed by atoms with E-state index in [0.29, 0.717) is 37.6 Å². The third kappa shape index (κ3) is 15.1. The quantitative estimate of drug-likeness (QED) is 0.0388. The van der Waals surface area contributed by atoms with E-state index in [1.807, 2.05) is 24.3 Å². The van der Waals surface area contributed by atoms with Crippen LogP contribution in [0.2, 0.25) is 76.6 Å². The Labute approximate surface area is 343 Å². The molecule has 0 bridgehead atoms. The van der Waals surface area contributed by atoms with E-state index in [2.05, 4.69) is 114 Å². The molecular weight excluding hydrogens is 761 g/mol. The molecule has 0 aliphatic heterocycles. The molecule has 0 aromatic heterocycles. The Bertz CT molecular complexity index is 1600. The van der Waals surface area contributed by atoms with Gasteiger partial charge in [-0.05, 0) is 63.8 Å². The lowest BCUT2D eigenvalue weighted by atomic mass is 10.3. The minimum atomic E-state index is -1.61. The smallest absolute Gasteiger partial charge is 0.333 e.